The van der Waals surface area contributed by atoms with E-state index < -0.39 is 0 Å². The van der Waals surface area contributed by atoms with Crippen LogP contribution in [-0.4, -0.2) is 65.8 Å². The lowest BCUT2D eigenvalue weighted by molar-refractivity contribution is 0.0499. The molecule has 0 aromatic carbocycles. The highest BCUT2D eigenvalue weighted by molar-refractivity contribution is 5.74. The molecule has 0 spiro atoms. The van der Waals surface area contributed by atoms with Crippen molar-refractivity contribution in [2.45, 2.75) is 50.9 Å². The number of hydrogen-bond donors (Lipinski definition) is 1. The van der Waals surface area contributed by atoms with Gasteiger partial charge in [0.1, 0.15) is 0 Å². The van der Waals surface area contributed by atoms with E-state index >= 15 is 0 Å². The number of rotatable bonds is 8. The lowest BCUT2D eigenvalue weighted by atomic mass is 10.2. The number of nitrogens with zero attached hydrogens (tertiary/aromatic N) is 3. The normalized spacial score (nSPS) is 23.5. The molecule has 2 aliphatic rings. The van der Waals surface area contributed by atoms with Crippen molar-refractivity contribution < 1.29 is 14.3 Å². The van der Waals surface area contributed by atoms with E-state index in [1.807, 2.05) is 21.8 Å². The van der Waals surface area contributed by atoms with Gasteiger partial charge in [0.25, 0.3) is 0 Å². The first-order chi connectivity index (χ1) is 11.8. The van der Waals surface area contributed by atoms with Gasteiger partial charge < -0.3 is 19.7 Å². The molecule has 24 heavy (non-hydrogen) atoms. The highest BCUT2D eigenvalue weighted by atomic mass is 16.5. The number of ether oxygens (including phenoxy) is 2. The Balaban J connectivity index is 1.43. The fourth-order valence-corrected chi connectivity index (χ4v) is 3.29. The van der Waals surface area contributed by atoms with Crippen LogP contribution in [0.25, 0.3) is 0 Å². The second kappa shape index (κ2) is 9.03. The molecule has 134 valence electrons. The Labute approximate surface area is 143 Å². The van der Waals surface area contributed by atoms with Gasteiger partial charge in [-0.2, -0.15) is 5.10 Å². The van der Waals surface area contributed by atoms with Gasteiger partial charge in [0.15, 0.2) is 0 Å². The van der Waals surface area contributed by atoms with Crippen LogP contribution in [0.3, 0.4) is 0 Å². The van der Waals surface area contributed by atoms with Crippen LogP contribution in [0.15, 0.2) is 18.5 Å². The molecule has 0 bridgehead atoms. The van der Waals surface area contributed by atoms with Crippen LogP contribution < -0.4 is 5.32 Å². The molecule has 2 fully saturated rings. The zero-order valence-electron chi connectivity index (χ0n) is 14.2. The van der Waals surface area contributed by atoms with Gasteiger partial charge in [-0.05, 0) is 38.2 Å². The fraction of sp³-hybridized carbons (Fsp3) is 0.765. The van der Waals surface area contributed by atoms with Gasteiger partial charge >= 0.3 is 6.03 Å². The second-order valence-electron chi connectivity index (χ2n) is 6.53. The number of aromatic nitrogens is 2. The van der Waals surface area contributed by atoms with E-state index in [1.54, 1.807) is 6.20 Å². The summed E-state index contributed by atoms with van der Waals surface area (Å²) in [6, 6.07) is 1.89. The summed E-state index contributed by atoms with van der Waals surface area (Å²) in [5, 5.41) is 7.19. The monoisotopic (exact) mass is 336 g/mol. The highest BCUT2D eigenvalue weighted by Gasteiger charge is 2.26. The van der Waals surface area contributed by atoms with Crippen molar-refractivity contribution in [3.8, 4) is 0 Å². The average Bonchev–Trinajstić information content (AvgIpc) is 3.33. The van der Waals surface area contributed by atoms with Crippen LogP contribution in [0.5, 0.6) is 0 Å². The van der Waals surface area contributed by atoms with E-state index in [0.717, 1.165) is 51.9 Å². The maximum absolute atomic E-state index is 12.6. The minimum absolute atomic E-state index is 0.0125. The van der Waals surface area contributed by atoms with Crippen LogP contribution in [0.4, 0.5) is 4.79 Å². The van der Waals surface area contributed by atoms with Crippen molar-refractivity contribution in [1.82, 2.24) is 20.0 Å². The summed E-state index contributed by atoms with van der Waals surface area (Å²) in [7, 11) is 0. The lowest BCUT2D eigenvalue weighted by Crippen LogP contribution is -2.47. The molecule has 1 aromatic heterocycles. The molecular formula is C17H28N4O3. The SMILES string of the molecule is O=C(NCCCn1cccn1)N(C[C@@H]1CCCO1)C[C@@H]1CCCO1. The summed E-state index contributed by atoms with van der Waals surface area (Å²) in [4.78, 5) is 14.4. The molecule has 0 saturated carbocycles. The van der Waals surface area contributed by atoms with Crippen LogP contribution in [0, 0.1) is 0 Å². The first-order valence-corrected chi connectivity index (χ1v) is 9.04. The molecule has 7 heteroatoms. The fourth-order valence-electron chi connectivity index (χ4n) is 3.29. The molecule has 3 heterocycles. The molecule has 2 saturated heterocycles. The summed E-state index contributed by atoms with van der Waals surface area (Å²) >= 11 is 0. The number of nitrogens with one attached hydrogen (secondary N) is 1. The van der Waals surface area contributed by atoms with Gasteiger partial charge in [0.05, 0.1) is 12.2 Å². The molecule has 1 N–H and O–H groups in total. The molecular weight excluding hydrogens is 308 g/mol. The summed E-state index contributed by atoms with van der Waals surface area (Å²) in [5.74, 6) is 0. The van der Waals surface area contributed by atoms with Crippen molar-refractivity contribution in [1.29, 1.82) is 0 Å². The van der Waals surface area contributed by atoms with Crippen LogP contribution >= 0.6 is 0 Å². The quantitative estimate of drug-likeness (QED) is 0.733. The third kappa shape index (κ3) is 5.21. The van der Waals surface area contributed by atoms with Crippen molar-refractivity contribution in [3.63, 3.8) is 0 Å². The molecule has 7 nitrogen and oxygen atoms in total. The number of urea groups is 1. The smallest absolute Gasteiger partial charge is 0.317 e. The number of carbonyl (C=O) groups is 1. The Hall–Kier alpha value is -1.60. The van der Waals surface area contributed by atoms with E-state index in [1.165, 1.54) is 0 Å². The summed E-state index contributed by atoms with van der Waals surface area (Å²) < 4.78 is 13.3. The van der Waals surface area contributed by atoms with Crippen molar-refractivity contribution in [2.75, 3.05) is 32.8 Å². The topological polar surface area (TPSA) is 68.6 Å². The molecule has 0 aliphatic carbocycles. The van der Waals surface area contributed by atoms with Crippen molar-refractivity contribution in [2.24, 2.45) is 0 Å². The minimum atomic E-state index is -0.0125. The van der Waals surface area contributed by atoms with Crippen LogP contribution in [0.2, 0.25) is 0 Å². The van der Waals surface area contributed by atoms with E-state index in [-0.39, 0.29) is 18.2 Å². The first-order valence-electron chi connectivity index (χ1n) is 9.04. The van der Waals surface area contributed by atoms with E-state index in [4.69, 9.17) is 9.47 Å². The molecule has 1 aromatic rings. The molecule has 0 radical (unpaired) electrons. The lowest BCUT2D eigenvalue weighted by Gasteiger charge is -2.28. The van der Waals surface area contributed by atoms with Crippen LogP contribution in [0.1, 0.15) is 32.1 Å². The summed E-state index contributed by atoms with van der Waals surface area (Å²) in [6.07, 6.45) is 9.15. The van der Waals surface area contributed by atoms with Crippen molar-refractivity contribution >= 4 is 6.03 Å². The van der Waals surface area contributed by atoms with Gasteiger partial charge in [-0.15, -0.1) is 0 Å². The Morgan fingerprint density at radius 3 is 2.46 bits per heavy atom. The maximum atomic E-state index is 12.6. The molecule has 2 atom stereocenters. The molecule has 3 rings (SSSR count). The predicted octanol–water partition coefficient (Wildman–Crippen LogP) is 1.64. The largest absolute Gasteiger partial charge is 0.376 e. The van der Waals surface area contributed by atoms with Crippen LogP contribution in [-0.2, 0) is 16.0 Å². The zero-order valence-corrected chi connectivity index (χ0v) is 14.2. The number of hydrogen-bond acceptors (Lipinski definition) is 4. The van der Waals surface area contributed by atoms with Gasteiger partial charge in [-0.25, -0.2) is 4.79 Å². The Kier molecular flexibility index (Phi) is 6.48. The third-order valence-corrected chi connectivity index (χ3v) is 4.58. The summed E-state index contributed by atoms with van der Waals surface area (Å²) in [6.45, 7) is 4.39. The predicted molar refractivity (Wildman–Crippen MR) is 89.8 cm³/mol. The van der Waals surface area contributed by atoms with E-state index in [0.29, 0.717) is 19.6 Å². The maximum Gasteiger partial charge on any atom is 0.317 e. The summed E-state index contributed by atoms with van der Waals surface area (Å²) in [5.41, 5.74) is 0. The second-order valence-corrected chi connectivity index (χ2v) is 6.53. The van der Waals surface area contributed by atoms with Gasteiger partial charge in [0, 0.05) is 51.8 Å². The van der Waals surface area contributed by atoms with Gasteiger partial charge in [0.2, 0.25) is 0 Å². The average molecular weight is 336 g/mol. The van der Waals surface area contributed by atoms with Crippen molar-refractivity contribution in [3.05, 3.63) is 18.5 Å². The third-order valence-electron chi connectivity index (χ3n) is 4.58. The van der Waals surface area contributed by atoms with Gasteiger partial charge in [-0.3, -0.25) is 4.68 Å². The van der Waals surface area contributed by atoms with Gasteiger partial charge in [-0.1, -0.05) is 0 Å². The number of amides is 2. The Morgan fingerprint density at radius 1 is 1.21 bits per heavy atom. The standard InChI is InChI=1S/C17H28N4O3/c22-17(18-7-3-9-21-10-4-8-19-21)20(13-15-5-1-11-23-15)14-16-6-2-12-24-16/h4,8,10,15-16H,1-3,5-7,9,11-14H2,(H,18,22)/t15-,16-/m0/s1. The van der Waals surface area contributed by atoms with E-state index in [9.17, 15) is 4.79 Å². The van der Waals surface area contributed by atoms with E-state index in [2.05, 4.69) is 10.4 Å². The molecule has 0 unspecified atom stereocenters. The zero-order chi connectivity index (χ0) is 16.6. The number of aryl methyl sites for hydroxylation is 1. The highest BCUT2D eigenvalue weighted by Crippen LogP contribution is 2.17. The Morgan fingerprint density at radius 2 is 1.92 bits per heavy atom. The number of carbonyl (C=O) groups excluding carboxylic acids is 1. The molecule has 2 amide bonds. The molecule has 2 aliphatic heterocycles. The Bertz CT molecular complexity index is 464. The first kappa shape index (κ1) is 17.2. The minimum Gasteiger partial charge on any atom is -0.376 e.